The van der Waals surface area contributed by atoms with Crippen LogP contribution in [0.5, 0.6) is 0 Å². The highest BCUT2D eigenvalue weighted by Gasteiger charge is 2.44. The van der Waals surface area contributed by atoms with Gasteiger partial charge in [0.15, 0.2) is 0 Å². The SMILES string of the molecule is CCOC(=O)NC(CNC(=O)C1(C#N)CCC1)CC(C)C. The van der Waals surface area contributed by atoms with E-state index in [1.807, 2.05) is 13.8 Å². The lowest BCUT2D eigenvalue weighted by Gasteiger charge is -2.34. The first kappa shape index (κ1) is 17.3. The van der Waals surface area contributed by atoms with Crippen molar-refractivity contribution >= 4 is 12.0 Å². The molecule has 0 aromatic heterocycles. The molecule has 0 aromatic carbocycles. The minimum atomic E-state index is -0.855. The Morgan fingerprint density at radius 1 is 1.38 bits per heavy atom. The van der Waals surface area contributed by atoms with Crippen molar-refractivity contribution in [3.63, 3.8) is 0 Å². The lowest BCUT2D eigenvalue weighted by molar-refractivity contribution is -0.131. The standard InChI is InChI=1S/C15H25N3O3/c1-4-21-14(20)18-12(8-11(2)3)9-17-13(19)15(10-16)6-5-7-15/h11-12H,4-9H2,1-3H3,(H,17,19)(H,18,20). The Hall–Kier alpha value is -1.77. The quantitative estimate of drug-likeness (QED) is 0.751. The van der Waals surface area contributed by atoms with Crippen LogP contribution in [-0.2, 0) is 9.53 Å². The number of carbonyl (C=O) groups excluding carboxylic acids is 2. The zero-order valence-corrected chi connectivity index (χ0v) is 13.1. The number of ether oxygens (including phenoxy) is 1. The van der Waals surface area contributed by atoms with Crippen LogP contribution in [0.15, 0.2) is 0 Å². The van der Waals surface area contributed by atoms with E-state index in [0.717, 1.165) is 12.8 Å². The maximum atomic E-state index is 12.1. The van der Waals surface area contributed by atoms with E-state index in [1.54, 1.807) is 6.92 Å². The van der Waals surface area contributed by atoms with E-state index in [4.69, 9.17) is 10.00 Å². The van der Waals surface area contributed by atoms with Crippen LogP contribution in [0.2, 0.25) is 0 Å². The maximum absolute atomic E-state index is 12.1. The van der Waals surface area contributed by atoms with Gasteiger partial charge in [0.1, 0.15) is 5.41 Å². The van der Waals surface area contributed by atoms with Gasteiger partial charge in [0.05, 0.1) is 12.7 Å². The summed E-state index contributed by atoms with van der Waals surface area (Å²) in [5.74, 6) is 0.151. The first-order valence-corrected chi connectivity index (χ1v) is 7.56. The molecule has 2 amide bonds. The molecule has 0 aromatic rings. The van der Waals surface area contributed by atoms with Gasteiger partial charge in [0, 0.05) is 12.6 Å². The van der Waals surface area contributed by atoms with Crippen molar-refractivity contribution in [2.45, 2.75) is 52.5 Å². The lowest BCUT2D eigenvalue weighted by Crippen LogP contribution is -2.50. The fourth-order valence-electron chi connectivity index (χ4n) is 2.41. The number of nitrogens with one attached hydrogen (secondary N) is 2. The third kappa shape index (κ3) is 4.92. The second-order valence-corrected chi connectivity index (χ2v) is 5.95. The number of nitrogens with zero attached hydrogens (tertiary/aromatic N) is 1. The smallest absolute Gasteiger partial charge is 0.407 e. The Labute approximate surface area is 126 Å². The monoisotopic (exact) mass is 295 g/mol. The molecule has 1 rings (SSSR count). The molecular formula is C15H25N3O3. The van der Waals surface area contributed by atoms with Gasteiger partial charge in [-0.25, -0.2) is 4.79 Å². The average molecular weight is 295 g/mol. The van der Waals surface area contributed by atoms with Gasteiger partial charge in [0.25, 0.3) is 0 Å². The summed E-state index contributed by atoms with van der Waals surface area (Å²) in [6, 6.07) is 1.93. The van der Waals surface area contributed by atoms with Crippen LogP contribution in [-0.4, -0.2) is 31.2 Å². The van der Waals surface area contributed by atoms with Crippen molar-refractivity contribution in [3.05, 3.63) is 0 Å². The number of rotatable bonds is 7. The van der Waals surface area contributed by atoms with Gasteiger partial charge >= 0.3 is 6.09 Å². The Kier molecular flexibility index (Phi) is 6.47. The molecule has 1 aliphatic rings. The minimum Gasteiger partial charge on any atom is -0.450 e. The maximum Gasteiger partial charge on any atom is 0.407 e. The highest BCUT2D eigenvalue weighted by atomic mass is 16.5. The van der Waals surface area contributed by atoms with E-state index in [2.05, 4.69) is 16.7 Å². The minimum absolute atomic E-state index is 0.191. The predicted molar refractivity (Wildman–Crippen MR) is 78.3 cm³/mol. The number of alkyl carbamates (subject to hydrolysis) is 1. The number of amides is 2. The largest absolute Gasteiger partial charge is 0.450 e. The van der Waals surface area contributed by atoms with Gasteiger partial charge in [-0.1, -0.05) is 13.8 Å². The first-order chi connectivity index (χ1) is 9.93. The molecule has 1 atom stereocenters. The molecule has 1 fully saturated rings. The molecular weight excluding hydrogens is 270 g/mol. The zero-order chi connectivity index (χ0) is 15.9. The van der Waals surface area contributed by atoms with Crippen LogP contribution >= 0.6 is 0 Å². The molecule has 1 aliphatic carbocycles. The summed E-state index contributed by atoms with van der Waals surface area (Å²) in [4.78, 5) is 23.6. The van der Waals surface area contributed by atoms with Gasteiger partial charge in [-0.3, -0.25) is 4.79 Å². The van der Waals surface area contributed by atoms with E-state index in [1.165, 1.54) is 0 Å². The van der Waals surface area contributed by atoms with Gasteiger partial charge in [-0.2, -0.15) is 5.26 Å². The molecule has 0 spiro atoms. The normalized spacial score (nSPS) is 17.3. The van der Waals surface area contributed by atoms with E-state index in [-0.39, 0.29) is 11.9 Å². The van der Waals surface area contributed by atoms with Crippen LogP contribution in [0.3, 0.4) is 0 Å². The molecule has 1 saturated carbocycles. The molecule has 2 N–H and O–H groups in total. The Bertz CT molecular complexity index is 411. The van der Waals surface area contributed by atoms with E-state index >= 15 is 0 Å². The molecule has 0 heterocycles. The van der Waals surface area contributed by atoms with Crippen molar-refractivity contribution in [1.29, 1.82) is 5.26 Å². The molecule has 1 unspecified atom stereocenters. The molecule has 0 saturated heterocycles. The zero-order valence-electron chi connectivity index (χ0n) is 13.1. The van der Waals surface area contributed by atoms with Gasteiger partial charge in [-0.05, 0) is 38.5 Å². The number of carbonyl (C=O) groups is 2. The Morgan fingerprint density at radius 2 is 2.05 bits per heavy atom. The fourth-order valence-corrected chi connectivity index (χ4v) is 2.41. The molecule has 118 valence electrons. The van der Waals surface area contributed by atoms with Gasteiger partial charge in [-0.15, -0.1) is 0 Å². The third-order valence-corrected chi connectivity index (χ3v) is 3.72. The van der Waals surface area contributed by atoms with E-state index in [0.29, 0.717) is 31.9 Å². The second kappa shape index (κ2) is 7.87. The summed E-state index contributed by atoms with van der Waals surface area (Å²) in [7, 11) is 0. The lowest BCUT2D eigenvalue weighted by atomic mass is 9.69. The van der Waals surface area contributed by atoms with E-state index < -0.39 is 11.5 Å². The van der Waals surface area contributed by atoms with E-state index in [9.17, 15) is 9.59 Å². The molecule has 0 aliphatic heterocycles. The summed E-state index contributed by atoms with van der Waals surface area (Å²) in [5, 5.41) is 14.7. The van der Waals surface area contributed by atoms with Crippen LogP contribution in [0, 0.1) is 22.7 Å². The number of hydrogen-bond acceptors (Lipinski definition) is 4. The molecule has 6 nitrogen and oxygen atoms in total. The van der Waals surface area contributed by atoms with Crippen molar-refractivity contribution in [1.82, 2.24) is 10.6 Å². The van der Waals surface area contributed by atoms with Crippen LogP contribution < -0.4 is 10.6 Å². The van der Waals surface area contributed by atoms with Gasteiger partial charge < -0.3 is 15.4 Å². The highest BCUT2D eigenvalue weighted by molar-refractivity contribution is 5.86. The number of nitriles is 1. The van der Waals surface area contributed by atoms with Gasteiger partial charge in [0.2, 0.25) is 5.91 Å². The highest BCUT2D eigenvalue weighted by Crippen LogP contribution is 2.40. The fraction of sp³-hybridized carbons (Fsp3) is 0.800. The van der Waals surface area contributed by atoms with Crippen molar-refractivity contribution in [2.24, 2.45) is 11.3 Å². The predicted octanol–water partition coefficient (Wildman–Crippen LogP) is 1.96. The molecule has 6 heteroatoms. The molecule has 0 radical (unpaired) electrons. The summed E-state index contributed by atoms with van der Waals surface area (Å²) in [6.07, 6.45) is 2.41. The average Bonchev–Trinajstić information content (AvgIpc) is 2.35. The first-order valence-electron chi connectivity index (χ1n) is 7.56. The van der Waals surface area contributed by atoms with Crippen molar-refractivity contribution < 1.29 is 14.3 Å². The summed E-state index contributed by atoms with van der Waals surface area (Å²) < 4.78 is 4.87. The Morgan fingerprint density at radius 3 is 2.48 bits per heavy atom. The van der Waals surface area contributed by atoms with Crippen LogP contribution in [0.1, 0.15) is 46.5 Å². The third-order valence-electron chi connectivity index (χ3n) is 3.72. The summed E-state index contributed by atoms with van der Waals surface area (Å²) in [5.41, 5.74) is -0.855. The van der Waals surface area contributed by atoms with Crippen molar-refractivity contribution in [3.8, 4) is 6.07 Å². The second-order valence-electron chi connectivity index (χ2n) is 5.95. The van der Waals surface area contributed by atoms with Crippen LogP contribution in [0.25, 0.3) is 0 Å². The topological polar surface area (TPSA) is 91.2 Å². The summed E-state index contributed by atoms with van der Waals surface area (Å²) in [6.45, 7) is 6.46. The van der Waals surface area contributed by atoms with Crippen molar-refractivity contribution in [2.75, 3.05) is 13.2 Å². The molecule has 21 heavy (non-hydrogen) atoms. The van der Waals surface area contributed by atoms with Crippen LogP contribution in [0.4, 0.5) is 4.79 Å². The molecule has 0 bridgehead atoms. The number of hydrogen-bond donors (Lipinski definition) is 2. The summed E-state index contributed by atoms with van der Waals surface area (Å²) >= 11 is 0. The Balaban J connectivity index is 2.50.